The van der Waals surface area contributed by atoms with Crippen LogP contribution in [0.5, 0.6) is 0 Å². The van der Waals surface area contributed by atoms with E-state index < -0.39 is 0 Å². The molecule has 0 aliphatic rings. The Bertz CT molecular complexity index is 765. The number of nitrogens with zero attached hydrogens (tertiary/aromatic N) is 3. The summed E-state index contributed by atoms with van der Waals surface area (Å²) < 4.78 is 0. The highest BCUT2D eigenvalue weighted by Gasteiger charge is 2.15. The average Bonchev–Trinajstić information content (AvgIpc) is 2.53. The first-order valence-electron chi connectivity index (χ1n) is 6.09. The summed E-state index contributed by atoms with van der Waals surface area (Å²) in [5.74, 6) is 0.181. The third-order valence-corrected chi connectivity index (χ3v) is 3.68. The Morgan fingerprint density at radius 2 is 1.86 bits per heavy atom. The highest BCUT2D eigenvalue weighted by molar-refractivity contribution is 6.45. The second-order valence-corrected chi connectivity index (χ2v) is 5.14. The van der Waals surface area contributed by atoms with Gasteiger partial charge in [0.2, 0.25) is 0 Å². The van der Waals surface area contributed by atoms with E-state index in [0.717, 1.165) is 5.56 Å². The number of nitrogens with one attached hydrogen (secondary N) is 1. The monoisotopic (exact) mass is 350 g/mol. The quantitative estimate of drug-likeness (QED) is 0.477. The summed E-state index contributed by atoms with van der Waals surface area (Å²) in [7, 11) is 0. The van der Waals surface area contributed by atoms with Gasteiger partial charge in [-0.25, -0.2) is 4.98 Å². The molecular formula is C15H9Cl3N4. The van der Waals surface area contributed by atoms with Crippen molar-refractivity contribution in [2.45, 2.75) is 0 Å². The van der Waals surface area contributed by atoms with Crippen molar-refractivity contribution in [2.75, 3.05) is 5.43 Å². The van der Waals surface area contributed by atoms with Crippen LogP contribution < -0.4 is 5.43 Å². The summed E-state index contributed by atoms with van der Waals surface area (Å²) in [5.41, 5.74) is 3.71. The van der Waals surface area contributed by atoms with Crippen LogP contribution in [-0.4, -0.2) is 11.2 Å². The Kier molecular flexibility index (Phi) is 5.79. The number of halogens is 3. The van der Waals surface area contributed by atoms with Crippen molar-refractivity contribution in [3.05, 3.63) is 62.7 Å². The molecule has 1 N–H and O–H groups in total. The van der Waals surface area contributed by atoms with E-state index in [9.17, 15) is 0 Å². The van der Waals surface area contributed by atoms with Crippen LogP contribution in [0.2, 0.25) is 15.2 Å². The molecule has 2 rings (SSSR count). The van der Waals surface area contributed by atoms with Crippen molar-refractivity contribution >= 4 is 52.9 Å². The van der Waals surface area contributed by atoms with E-state index in [1.165, 1.54) is 6.21 Å². The lowest BCUT2D eigenvalue weighted by Crippen LogP contribution is -1.97. The first kappa shape index (κ1) is 16.3. The minimum absolute atomic E-state index is 0.0329. The van der Waals surface area contributed by atoms with Crippen LogP contribution in [0.3, 0.4) is 0 Å². The van der Waals surface area contributed by atoms with Crippen LogP contribution in [0.15, 0.2) is 41.5 Å². The number of hydrazone groups is 1. The van der Waals surface area contributed by atoms with Gasteiger partial charge in [0.1, 0.15) is 16.7 Å². The maximum atomic E-state index is 8.89. The molecule has 1 aromatic heterocycles. The van der Waals surface area contributed by atoms with E-state index in [1.54, 1.807) is 6.08 Å². The van der Waals surface area contributed by atoms with Crippen molar-refractivity contribution in [1.29, 1.82) is 5.26 Å². The van der Waals surface area contributed by atoms with Crippen molar-refractivity contribution in [2.24, 2.45) is 5.10 Å². The predicted octanol–water partition coefficient (Wildman–Crippen LogP) is 5.02. The van der Waals surface area contributed by atoms with Gasteiger partial charge < -0.3 is 0 Å². The van der Waals surface area contributed by atoms with Crippen molar-refractivity contribution in [1.82, 2.24) is 4.98 Å². The standard InChI is InChI=1S/C15H9Cl3N4/c16-12-11(9-19)14(18)21-15(13(12)17)22-20-8-4-7-10-5-2-1-3-6-10/h1-8H,(H,21,22)/b7-4+,20-8+. The molecule has 0 saturated carbocycles. The Morgan fingerprint density at radius 3 is 2.55 bits per heavy atom. The Hall–Kier alpha value is -2.06. The van der Waals surface area contributed by atoms with Gasteiger partial charge in [-0.2, -0.15) is 10.4 Å². The van der Waals surface area contributed by atoms with Gasteiger partial charge in [0.15, 0.2) is 11.0 Å². The number of rotatable bonds is 4. The van der Waals surface area contributed by atoms with Gasteiger partial charge in [0, 0.05) is 6.21 Å². The Labute approximate surface area is 142 Å². The van der Waals surface area contributed by atoms with Gasteiger partial charge in [0.05, 0.1) is 5.02 Å². The normalized spacial score (nSPS) is 11.0. The van der Waals surface area contributed by atoms with E-state index in [-0.39, 0.29) is 26.6 Å². The molecule has 0 amide bonds. The molecule has 0 atom stereocenters. The number of hydrogen-bond donors (Lipinski definition) is 1. The SMILES string of the molecule is N#Cc1c(Cl)nc(N/N=C/C=C/c2ccccc2)c(Cl)c1Cl. The molecule has 1 aromatic carbocycles. The lowest BCUT2D eigenvalue weighted by atomic mass is 10.2. The summed E-state index contributed by atoms with van der Waals surface area (Å²) in [6.45, 7) is 0. The smallest absolute Gasteiger partial charge is 0.168 e. The number of benzene rings is 1. The van der Waals surface area contributed by atoms with Gasteiger partial charge in [-0.15, -0.1) is 0 Å². The molecule has 4 nitrogen and oxygen atoms in total. The lowest BCUT2D eigenvalue weighted by molar-refractivity contribution is 1.22. The highest BCUT2D eigenvalue weighted by Crippen LogP contribution is 2.34. The van der Waals surface area contributed by atoms with E-state index >= 15 is 0 Å². The summed E-state index contributed by atoms with van der Waals surface area (Å²) in [6.07, 6.45) is 5.17. The van der Waals surface area contributed by atoms with Crippen LogP contribution in [0.1, 0.15) is 11.1 Å². The third kappa shape index (κ3) is 3.99. The molecule has 0 spiro atoms. The number of hydrogen-bond acceptors (Lipinski definition) is 4. The molecule has 22 heavy (non-hydrogen) atoms. The molecule has 0 aliphatic carbocycles. The minimum atomic E-state index is -0.0329. The van der Waals surface area contributed by atoms with E-state index in [2.05, 4.69) is 15.5 Å². The van der Waals surface area contributed by atoms with Crippen molar-refractivity contribution in [3.8, 4) is 6.07 Å². The second-order valence-electron chi connectivity index (χ2n) is 4.03. The topological polar surface area (TPSA) is 61.1 Å². The zero-order valence-corrected chi connectivity index (χ0v) is 13.4. The molecule has 1 heterocycles. The average molecular weight is 352 g/mol. The van der Waals surface area contributed by atoms with E-state index in [4.69, 9.17) is 40.1 Å². The predicted molar refractivity (Wildman–Crippen MR) is 91.6 cm³/mol. The fourth-order valence-electron chi connectivity index (χ4n) is 1.54. The molecule has 0 unspecified atom stereocenters. The zero-order chi connectivity index (χ0) is 15.9. The second kappa shape index (κ2) is 7.81. The minimum Gasteiger partial charge on any atom is -0.260 e. The van der Waals surface area contributed by atoms with E-state index in [0.29, 0.717) is 0 Å². The molecule has 0 fully saturated rings. The van der Waals surface area contributed by atoms with Gasteiger partial charge in [-0.1, -0.05) is 71.2 Å². The van der Waals surface area contributed by atoms with E-state index in [1.807, 2.05) is 42.5 Å². The summed E-state index contributed by atoms with van der Waals surface area (Å²) in [4.78, 5) is 3.94. The zero-order valence-electron chi connectivity index (χ0n) is 11.1. The van der Waals surface area contributed by atoms with Crippen molar-refractivity contribution < 1.29 is 0 Å². The van der Waals surface area contributed by atoms with Gasteiger partial charge in [0.25, 0.3) is 0 Å². The van der Waals surface area contributed by atoms with Crippen LogP contribution in [0.25, 0.3) is 6.08 Å². The number of allylic oxidation sites excluding steroid dienone is 1. The molecule has 7 heteroatoms. The highest BCUT2D eigenvalue weighted by atomic mass is 35.5. The largest absolute Gasteiger partial charge is 0.260 e. The van der Waals surface area contributed by atoms with Gasteiger partial charge in [-0.05, 0) is 11.6 Å². The molecule has 110 valence electrons. The van der Waals surface area contributed by atoms with Crippen LogP contribution in [0, 0.1) is 11.3 Å². The summed E-state index contributed by atoms with van der Waals surface area (Å²) in [6, 6.07) is 11.6. The first-order valence-corrected chi connectivity index (χ1v) is 7.22. The van der Waals surface area contributed by atoms with Gasteiger partial charge in [-0.3, -0.25) is 5.43 Å². The third-order valence-electron chi connectivity index (χ3n) is 2.57. The van der Waals surface area contributed by atoms with Crippen molar-refractivity contribution in [3.63, 3.8) is 0 Å². The summed E-state index contributed by atoms with van der Waals surface area (Å²) in [5, 5.41) is 12.9. The number of pyridine rings is 1. The van der Waals surface area contributed by atoms with Crippen LogP contribution in [0.4, 0.5) is 5.82 Å². The first-order chi connectivity index (χ1) is 10.6. The number of aromatic nitrogens is 1. The summed E-state index contributed by atoms with van der Waals surface area (Å²) >= 11 is 17.8. The van der Waals surface area contributed by atoms with Gasteiger partial charge >= 0.3 is 0 Å². The number of anilines is 1. The Morgan fingerprint density at radius 1 is 1.14 bits per heavy atom. The molecule has 0 saturated heterocycles. The molecule has 0 bridgehead atoms. The fourth-order valence-corrected chi connectivity index (χ4v) is 2.21. The van der Waals surface area contributed by atoms with Crippen LogP contribution >= 0.6 is 34.8 Å². The fraction of sp³-hybridized carbons (Fsp3) is 0. The molecule has 0 aliphatic heterocycles. The maximum absolute atomic E-state index is 8.89. The Balaban J connectivity index is 2.08. The maximum Gasteiger partial charge on any atom is 0.168 e. The molecule has 0 radical (unpaired) electrons. The van der Waals surface area contributed by atoms with Crippen LogP contribution in [-0.2, 0) is 0 Å². The number of nitriles is 1. The lowest BCUT2D eigenvalue weighted by Gasteiger charge is -2.06. The molecular weight excluding hydrogens is 343 g/mol. The molecule has 2 aromatic rings.